The normalized spacial score (nSPS) is 12.2. The molecule has 0 bridgehead atoms. The first-order valence-electron chi connectivity index (χ1n) is 4.28. The summed E-state index contributed by atoms with van der Waals surface area (Å²) >= 11 is 3.14. The van der Waals surface area contributed by atoms with E-state index >= 15 is 0 Å². The molecule has 0 saturated heterocycles. The zero-order valence-corrected chi connectivity index (χ0v) is 9.69. The second-order valence-corrected chi connectivity index (χ2v) is 3.84. The fourth-order valence-electron chi connectivity index (χ4n) is 1.15. The summed E-state index contributed by atoms with van der Waals surface area (Å²) in [6.07, 6.45) is -1.23. The largest absolute Gasteiger partial charge is 0.506 e. The lowest BCUT2D eigenvalue weighted by Crippen LogP contribution is -2.24. The van der Waals surface area contributed by atoms with Gasteiger partial charge in [0, 0.05) is 6.42 Å². The molecule has 5 heteroatoms. The van der Waals surface area contributed by atoms with Gasteiger partial charge in [-0.2, -0.15) is 0 Å². The minimum absolute atomic E-state index is 0.0257. The Kier molecular flexibility index (Phi) is 4.11. The number of hydrogen-bond acceptors (Lipinski definition) is 4. The molecule has 0 spiro atoms. The first kappa shape index (κ1) is 12.0. The van der Waals surface area contributed by atoms with E-state index in [0.717, 1.165) is 0 Å². The van der Waals surface area contributed by atoms with E-state index in [1.54, 1.807) is 18.2 Å². The molecular formula is C10H11BrO4. The molecule has 1 rings (SSSR count). The third kappa shape index (κ3) is 2.94. The number of aliphatic hydroxyl groups excluding tert-OH is 1. The number of ether oxygens (including phenoxy) is 1. The van der Waals surface area contributed by atoms with Crippen LogP contribution >= 0.6 is 15.9 Å². The van der Waals surface area contributed by atoms with E-state index in [2.05, 4.69) is 20.7 Å². The van der Waals surface area contributed by atoms with Crippen molar-refractivity contribution in [2.75, 3.05) is 7.11 Å². The number of rotatable bonds is 3. The number of benzene rings is 1. The van der Waals surface area contributed by atoms with Crippen LogP contribution in [0.15, 0.2) is 22.7 Å². The molecule has 0 aliphatic carbocycles. The number of methoxy groups -OCH3 is 1. The summed E-state index contributed by atoms with van der Waals surface area (Å²) in [5.74, 6) is -0.685. The summed E-state index contributed by atoms with van der Waals surface area (Å²) in [6.45, 7) is 0. The average Bonchev–Trinajstić information content (AvgIpc) is 2.23. The van der Waals surface area contributed by atoms with Crippen molar-refractivity contribution >= 4 is 21.9 Å². The molecule has 15 heavy (non-hydrogen) atoms. The van der Waals surface area contributed by atoms with E-state index in [-0.39, 0.29) is 12.2 Å². The number of halogens is 1. The second-order valence-electron chi connectivity index (χ2n) is 2.99. The number of aliphatic hydroxyl groups is 1. The SMILES string of the molecule is COC(=O)C(O)Cc1cccc(Br)c1O. The van der Waals surface area contributed by atoms with Crippen molar-refractivity contribution in [2.24, 2.45) is 0 Å². The zero-order valence-electron chi connectivity index (χ0n) is 8.11. The van der Waals surface area contributed by atoms with Gasteiger partial charge in [0.2, 0.25) is 0 Å². The maximum absolute atomic E-state index is 10.9. The van der Waals surface area contributed by atoms with Gasteiger partial charge in [0.1, 0.15) is 5.75 Å². The van der Waals surface area contributed by atoms with Gasteiger partial charge in [-0.25, -0.2) is 4.79 Å². The molecule has 2 N–H and O–H groups in total. The Balaban J connectivity index is 2.81. The highest BCUT2D eigenvalue weighted by atomic mass is 79.9. The lowest BCUT2D eigenvalue weighted by Gasteiger charge is -2.10. The fourth-order valence-corrected chi connectivity index (χ4v) is 1.56. The van der Waals surface area contributed by atoms with Crippen molar-refractivity contribution in [3.05, 3.63) is 28.2 Å². The minimum atomic E-state index is -1.25. The van der Waals surface area contributed by atoms with Gasteiger partial charge in [0.15, 0.2) is 6.10 Å². The van der Waals surface area contributed by atoms with Crippen molar-refractivity contribution in [2.45, 2.75) is 12.5 Å². The van der Waals surface area contributed by atoms with E-state index in [1.165, 1.54) is 7.11 Å². The van der Waals surface area contributed by atoms with Crippen LogP contribution in [0.3, 0.4) is 0 Å². The molecule has 4 nitrogen and oxygen atoms in total. The predicted molar refractivity (Wildman–Crippen MR) is 57.5 cm³/mol. The molecule has 82 valence electrons. The summed E-state index contributed by atoms with van der Waals surface area (Å²) in [7, 11) is 1.20. The molecule has 1 aromatic rings. The third-order valence-electron chi connectivity index (χ3n) is 1.96. The number of esters is 1. The fraction of sp³-hybridized carbons (Fsp3) is 0.300. The van der Waals surface area contributed by atoms with Crippen molar-refractivity contribution in [1.29, 1.82) is 0 Å². The number of phenols is 1. The third-order valence-corrected chi connectivity index (χ3v) is 2.60. The summed E-state index contributed by atoms with van der Waals surface area (Å²) in [6, 6.07) is 5.01. The maximum Gasteiger partial charge on any atom is 0.335 e. The van der Waals surface area contributed by atoms with Crippen LogP contribution in [-0.4, -0.2) is 29.4 Å². The molecule has 0 aliphatic rings. The van der Waals surface area contributed by atoms with Gasteiger partial charge < -0.3 is 14.9 Å². The molecule has 0 radical (unpaired) electrons. The van der Waals surface area contributed by atoms with Crippen LogP contribution in [0, 0.1) is 0 Å². The molecule has 0 saturated carbocycles. The number of carbonyl (C=O) groups is 1. The van der Waals surface area contributed by atoms with E-state index in [9.17, 15) is 15.0 Å². The number of hydrogen-bond donors (Lipinski definition) is 2. The van der Waals surface area contributed by atoms with Crippen LogP contribution in [0.2, 0.25) is 0 Å². The highest BCUT2D eigenvalue weighted by molar-refractivity contribution is 9.10. The van der Waals surface area contributed by atoms with E-state index in [4.69, 9.17) is 0 Å². The molecule has 1 aromatic carbocycles. The Hall–Kier alpha value is -1.07. The molecule has 0 fully saturated rings. The second kappa shape index (κ2) is 5.14. The molecule has 0 aromatic heterocycles. The molecule has 0 aliphatic heterocycles. The monoisotopic (exact) mass is 274 g/mol. The number of aromatic hydroxyl groups is 1. The van der Waals surface area contributed by atoms with Crippen LogP contribution in [0.4, 0.5) is 0 Å². The highest BCUT2D eigenvalue weighted by Gasteiger charge is 2.18. The van der Waals surface area contributed by atoms with Gasteiger partial charge in [-0.1, -0.05) is 12.1 Å². The van der Waals surface area contributed by atoms with Gasteiger partial charge in [-0.15, -0.1) is 0 Å². The van der Waals surface area contributed by atoms with Gasteiger partial charge in [0.25, 0.3) is 0 Å². The molecular weight excluding hydrogens is 264 g/mol. The van der Waals surface area contributed by atoms with E-state index in [0.29, 0.717) is 10.0 Å². The average molecular weight is 275 g/mol. The quantitative estimate of drug-likeness (QED) is 0.814. The molecule has 0 amide bonds. The Labute approximate surface area is 95.6 Å². The summed E-state index contributed by atoms with van der Waals surface area (Å²) in [4.78, 5) is 10.9. The topological polar surface area (TPSA) is 66.8 Å². The van der Waals surface area contributed by atoms with E-state index in [1.807, 2.05) is 0 Å². The van der Waals surface area contributed by atoms with Gasteiger partial charge >= 0.3 is 5.97 Å². The van der Waals surface area contributed by atoms with Crippen molar-refractivity contribution in [1.82, 2.24) is 0 Å². The standard InChI is InChI=1S/C10H11BrO4/c1-15-10(14)8(12)5-6-3-2-4-7(11)9(6)13/h2-4,8,12-13H,5H2,1H3. The molecule has 1 unspecified atom stereocenters. The number of carbonyl (C=O) groups excluding carboxylic acids is 1. The van der Waals surface area contributed by atoms with Crippen molar-refractivity contribution < 1.29 is 19.7 Å². The summed E-state index contributed by atoms with van der Waals surface area (Å²) in [5.41, 5.74) is 0.488. The van der Waals surface area contributed by atoms with Gasteiger partial charge in [-0.3, -0.25) is 0 Å². The maximum atomic E-state index is 10.9. The zero-order chi connectivity index (χ0) is 11.4. The van der Waals surface area contributed by atoms with Gasteiger partial charge in [-0.05, 0) is 27.6 Å². The van der Waals surface area contributed by atoms with E-state index < -0.39 is 12.1 Å². The van der Waals surface area contributed by atoms with Crippen LogP contribution in [0.1, 0.15) is 5.56 Å². The Morgan fingerprint density at radius 2 is 2.27 bits per heavy atom. The van der Waals surface area contributed by atoms with Crippen LogP contribution in [-0.2, 0) is 16.0 Å². The van der Waals surface area contributed by atoms with Crippen LogP contribution in [0.25, 0.3) is 0 Å². The first-order chi connectivity index (χ1) is 7.06. The summed E-state index contributed by atoms with van der Waals surface area (Å²) < 4.78 is 4.90. The smallest absolute Gasteiger partial charge is 0.335 e. The Morgan fingerprint density at radius 1 is 1.60 bits per heavy atom. The highest BCUT2D eigenvalue weighted by Crippen LogP contribution is 2.28. The lowest BCUT2D eigenvalue weighted by atomic mass is 10.1. The Bertz CT molecular complexity index is 364. The Morgan fingerprint density at radius 3 is 2.87 bits per heavy atom. The first-order valence-corrected chi connectivity index (χ1v) is 5.07. The van der Waals surface area contributed by atoms with Crippen molar-refractivity contribution in [3.63, 3.8) is 0 Å². The van der Waals surface area contributed by atoms with Crippen molar-refractivity contribution in [3.8, 4) is 5.75 Å². The minimum Gasteiger partial charge on any atom is -0.506 e. The van der Waals surface area contributed by atoms with Crippen LogP contribution < -0.4 is 0 Å². The molecule has 1 atom stereocenters. The number of para-hydroxylation sites is 1. The molecule has 0 heterocycles. The lowest BCUT2D eigenvalue weighted by molar-refractivity contribution is -0.150. The summed E-state index contributed by atoms with van der Waals surface area (Å²) in [5, 5.41) is 19.0. The number of phenolic OH excluding ortho intramolecular Hbond substituents is 1. The predicted octanol–water partition coefficient (Wildman–Crippen LogP) is 1.23. The van der Waals surface area contributed by atoms with Crippen LogP contribution in [0.5, 0.6) is 5.75 Å². The van der Waals surface area contributed by atoms with Gasteiger partial charge in [0.05, 0.1) is 11.6 Å².